The second kappa shape index (κ2) is 15.3. The fourth-order valence-electron chi connectivity index (χ4n) is 4.76. The minimum absolute atomic E-state index is 0.0253. The molecule has 0 spiro atoms. The van der Waals surface area contributed by atoms with Crippen molar-refractivity contribution in [2.24, 2.45) is 0 Å². The van der Waals surface area contributed by atoms with Crippen molar-refractivity contribution in [3.05, 3.63) is 95.0 Å². The predicted molar refractivity (Wildman–Crippen MR) is 173 cm³/mol. The third-order valence-electron chi connectivity index (χ3n) is 6.60. The highest BCUT2D eigenvalue weighted by molar-refractivity contribution is 7.92. The van der Waals surface area contributed by atoms with Crippen LogP contribution in [-0.4, -0.2) is 56.1 Å². The number of sulfonamides is 1. The summed E-state index contributed by atoms with van der Waals surface area (Å²) in [6.07, 6.45) is 1.71. The quantitative estimate of drug-likeness (QED) is 0.242. The number of ether oxygens (including phenoxy) is 1. The molecule has 3 rings (SSSR count). The Morgan fingerprint density at radius 1 is 0.953 bits per heavy atom. The van der Waals surface area contributed by atoms with E-state index < -0.39 is 21.6 Å². The number of benzene rings is 3. The Morgan fingerprint density at radius 2 is 1.60 bits per heavy atom. The second-order valence-electron chi connectivity index (χ2n) is 11.4. The van der Waals surface area contributed by atoms with Gasteiger partial charge in [0.25, 0.3) is 0 Å². The zero-order valence-corrected chi connectivity index (χ0v) is 27.1. The van der Waals surface area contributed by atoms with E-state index in [0.29, 0.717) is 29.5 Å². The number of hydrogen-bond donors (Lipinski definition) is 1. The molecule has 2 amide bonds. The Hall–Kier alpha value is -3.56. The van der Waals surface area contributed by atoms with Crippen LogP contribution >= 0.6 is 11.6 Å². The summed E-state index contributed by atoms with van der Waals surface area (Å²) in [6.45, 7) is 8.13. The molecule has 0 saturated heterocycles. The molecule has 1 N–H and O–H groups in total. The maximum atomic E-state index is 14.0. The van der Waals surface area contributed by atoms with E-state index in [1.807, 2.05) is 70.2 Å². The van der Waals surface area contributed by atoms with Gasteiger partial charge in [0.2, 0.25) is 21.8 Å². The van der Waals surface area contributed by atoms with Crippen molar-refractivity contribution in [3.8, 4) is 5.75 Å². The van der Waals surface area contributed by atoms with Crippen LogP contribution in [0.3, 0.4) is 0 Å². The van der Waals surface area contributed by atoms with Crippen molar-refractivity contribution in [2.75, 3.05) is 23.7 Å². The Bertz CT molecular complexity index is 1480. The Kier molecular flexibility index (Phi) is 12.0. The van der Waals surface area contributed by atoms with Crippen LogP contribution in [0, 0.1) is 0 Å². The second-order valence-corrected chi connectivity index (χ2v) is 13.8. The number of halogens is 1. The van der Waals surface area contributed by atoms with Crippen molar-refractivity contribution in [2.45, 2.75) is 65.1 Å². The van der Waals surface area contributed by atoms with Gasteiger partial charge in [0.1, 0.15) is 11.8 Å². The fourth-order valence-corrected chi connectivity index (χ4v) is 5.94. The number of anilines is 1. The van der Waals surface area contributed by atoms with E-state index in [1.165, 1.54) is 4.31 Å². The Morgan fingerprint density at radius 3 is 2.23 bits per heavy atom. The highest BCUT2D eigenvalue weighted by atomic mass is 35.5. The molecule has 0 heterocycles. The molecule has 3 aromatic rings. The maximum absolute atomic E-state index is 14.0. The molecule has 0 aliphatic carbocycles. The van der Waals surface area contributed by atoms with E-state index in [0.717, 1.165) is 17.4 Å². The SMILES string of the molecule is CCOc1ccccc1N(CCCC(=O)N(Cc1cccc(Cl)c1)[C@H](Cc1ccccc1)C(=O)NC(C)(C)C)S(C)(=O)=O. The molecule has 43 heavy (non-hydrogen) atoms. The minimum Gasteiger partial charge on any atom is -0.492 e. The molecule has 0 saturated carbocycles. The summed E-state index contributed by atoms with van der Waals surface area (Å²) in [5.74, 6) is -0.0854. The molecular formula is C33H42ClN3O5S. The summed E-state index contributed by atoms with van der Waals surface area (Å²) in [7, 11) is -3.67. The average Bonchev–Trinajstić information content (AvgIpc) is 2.92. The molecular weight excluding hydrogens is 586 g/mol. The number of amides is 2. The van der Waals surface area contributed by atoms with Crippen LogP contribution in [0.1, 0.15) is 51.7 Å². The van der Waals surface area contributed by atoms with Gasteiger partial charge in [-0.15, -0.1) is 0 Å². The molecule has 0 radical (unpaired) electrons. The van der Waals surface area contributed by atoms with Gasteiger partial charge in [-0.2, -0.15) is 0 Å². The molecule has 232 valence electrons. The molecule has 10 heteroatoms. The molecule has 0 unspecified atom stereocenters. The van der Waals surface area contributed by atoms with Gasteiger partial charge < -0.3 is 15.0 Å². The first-order valence-corrected chi connectivity index (χ1v) is 16.6. The van der Waals surface area contributed by atoms with Gasteiger partial charge in [0, 0.05) is 36.5 Å². The fraction of sp³-hybridized carbons (Fsp3) is 0.394. The molecule has 0 fully saturated rings. The number of hydrogen-bond acceptors (Lipinski definition) is 5. The topological polar surface area (TPSA) is 96.0 Å². The van der Waals surface area contributed by atoms with E-state index >= 15 is 0 Å². The molecule has 8 nitrogen and oxygen atoms in total. The van der Waals surface area contributed by atoms with Gasteiger partial charge in [-0.05, 0) is 69.5 Å². The Labute approximate surface area is 261 Å². The summed E-state index contributed by atoms with van der Waals surface area (Å²) in [5, 5.41) is 3.57. The van der Waals surface area contributed by atoms with Gasteiger partial charge in [0.05, 0.1) is 18.6 Å². The molecule has 0 bridgehead atoms. The first-order chi connectivity index (χ1) is 20.3. The van der Waals surface area contributed by atoms with Crippen LogP contribution in [0.25, 0.3) is 0 Å². The van der Waals surface area contributed by atoms with Gasteiger partial charge in [0.15, 0.2) is 0 Å². The zero-order valence-electron chi connectivity index (χ0n) is 25.5. The van der Waals surface area contributed by atoms with Crippen molar-refractivity contribution in [1.29, 1.82) is 0 Å². The normalized spacial score (nSPS) is 12.3. The van der Waals surface area contributed by atoms with Gasteiger partial charge in [-0.1, -0.05) is 66.2 Å². The zero-order chi connectivity index (χ0) is 31.6. The summed E-state index contributed by atoms with van der Waals surface area (Å²) in [6, 6.07) is 22.9. The first kappa shape index (κ1) is 33.9. The summed E-state index contributed by atoms with van der Waals surface area (Å²) in [4.78, 5) is 29.3. The van der Waals surface area contributed by atoms with Crippen molar-refractivity contribution in [3.63, 3.8) is 0 Å². The third-order valence-corrected chi connectivity index (χ3v) is 8.01. The number of para-hydroxylation sites is 2. The van der Waals surface area contributed by atoms with Crippen LogP contribution in [0.5, 0.6) is 5.75 Å². The molecule has 0 aliphatic rings. The van der Waals surface area contributed by atoms with E-state index in [9.17, 15) is 18.0 Å². The van der Waals surface area contributed by atoms with E-state index in [4.69, 9.17) is 16.3 Å². The highest BCUT2D eigenvalue weighted by Crippen LogP contribution is 2.30. The number of nitrogens with one attached hydrogen (secondary N) is 1. The van der Waals surface area contributed by atoms with Crippen LogP contribution < -0.4 is 14.4 Å². The van der Waals surface area contributed by atoms with Crippen molar-refractivity contribution >= 4 is 39.1 Å². The highest BCUT2D eigenvalue weighted by Gasteiger charge is 2.32. The molecule has 0 aromatic heterocycles. The number of rotatable bonds is 14. The lowest BCUT2D eigenvalue weighted by molar-refractivity contribution is -0.142. The van der Waals surface area contributed by atoms with Crippen LogP contribution in [0.4, 0.5) is 5.69 Å². The number of carbonyl (C=O) groups is 2. The standard InChI is InChI=1S/C33H42ClN3O5S/c1-6-42-30-19-11-10-18-28(30)37(43(5,40)41)21-13-20-31(38)36(24-26-16-12-17-27(34)22-26)29(32(39)35-33(2,3)4)23-25-14-8-7-9-15-25/h7-12,14-19,22,29H,6,13,20-21,23-24H2,1-5H3,(H,35,39)/t29-/m1/s1. The van der Waals surface area contributed by atoms with Gasteiger partial charge >= 0.3 is 0 Å². The average molecular weight is 628 g/mol. The van der Waals surface area contributed by atoms with Crippen LogP contribution in [0.2, 0.25) is 5.02 Å². The lowest BCUT2D eigenvalue weighted by atomic mass is 10.00. The smallest absolute Gasteiger partial charge is 0.243 e. The summed E-state index contributed by atoms with van der Waals surface area (Å²) in [5.41, 5.74) is 1.60. The van der Waals surface area contributed by atoms with Crippen molar-refractivity contribution < 1.29 is 22.7 Å². The first-order valence-electron chi connectivity index (χ1n) is 14.4. The maximum Gasteiger partial charge on any atom is 0.243 e. The monoisotopic (exact) mass is 627 g/mol. The molecule has 3 aromatic carbocycles. The lowest BCUT2D eigenvalue weighted by Gasteiger charge is -2.34. The van der Waals surface area contributed by atoms with Crippen LogP contribution in [0.15, 0.2) is 78.9 Å². The van der Waals surface area contributed by atoms with E-state index in [2.05, 4.69) is 5.32 Å². The van der Waals surface area contributed by atoms with Crippen LogP contribution in [-0.2, 0) is 32.6 Å². The van der Waals surface area contributed by atoms with Gasteiger partial charge in [-0.25, -0.2) is 8.42 Å². The van der Waals surface area contributed by atoms with Crippen molar-refractivity contribution in [1.82, 2.24) is 10.2 Å². The summed E-state index contributed by atoms with van der Waals surface area (Å²) < 4.78 is 32.6. The molecule has 0 aliphatic heterocycles. The largest absolute Gasteiger partial charge is 0.492 e. The third kappa shape index (κ3) is 10.6. The number of carbonyl (C=O) groups excluding carboxylic acids is 2. The van der Waals surface area contributed by atoms with Gasteiger partial charge in [-0.3, -0.25) is 13.9 Å². The predicted octanol–water partition coefficient (Wildman–Crippen LogP) is 5.84. The van der Waals surface area contributed by atoms with E-state index in [-0.39, 0.29) is 37.7 Å². The summed E-state index contributed by atoms with van der Waals surface area (Å²) >= 11 is 6.27. The Balaban J connectivity index is 1.92. The number of nitrogens with zero attached hydrogens (tertiary/aromatic N) is 2. The molecule has 1 atom stereocenters. The lowest BCUT2D eigenvalue weighted by Crippen LogP contribution is -2.54. The minimum atomic E-state index is -3.67. The van der Waals surface area contributed by atoms with E-state index in [1.54, 1.807) is 41.3 Å².